The summed E-state index contributed by atoms with van der Waals surface area (Å²) < 4.78 is 5.43. The molecule has 25 heavy (non-hydrogen) atoms. The number of aliphatic carboxylic acids is 2. The van der Waals surface area contributed by atoms with E-state index in [-0.39, 0.29) is 6.42 Å². The maximum absolute atomic E-state index is 11.3. The smallest absolute Gasteiger partial charge is 0.344 e. The fourth-order valence-corrected chi connectivity index (χ4v) is 2.97. The third-order valence-corrected chi connectivity index (χ3v) is 4.46. The molecule has 6 nitrogen and oxygen atoms in total. The second-order valence-electron chi connectivity index (χ2n) is 5.37. The molecule has 2 atom stereocenters. The third-order valence-electron chi connectivity index (χ3n) is 3.39. The predicted octanol–water partition coefficient (Wildman–Crippen LogP) is 2.61. The number of carboxylic acids is 2. The molecule has 0 fully saturated rings. The summed E-state index contributed by atoms with van der Waals surface area (Å²) in [6.07, 6.45) is -1.63. The SMILES string of the molecule is N[C@@H](CC(Oc1cccc(SCc2ccccc2)c1)C(=O)O)C(=O)O. The summed E-state index contributed by atoms with van der Waals surface area (Å²) >= 11 is 1.60. The van der Waals surface area contributed by atoms with Gasteiger partial charge in [0.15, 0.2) is 6.10 Å². The van der Waals surface area contributed by atoms with Gasteiger partial charge >= 0.3 is 11.9 Å². The molecule has 0 amide bonds. The van der Waals surface area contributed by atoms with Crippen LogP contribution in [0.25, 0.3) is 0 Å². The summed E-state index contributed by atoms with van der Waals surface area (Å²) in [6.45, 7) is 0. The number of hydrogen-bond acceptors (Lipinski definition) is 5. The normalized spacial score (nSPS) is 13.0. The maximum Gasteiger partial charge on any atom is 0.344 e. The molecule has 0 heterocycles. The van der Waals surface area contributed by atoms with Crippen molar-refractivity contribution in [3.63, 3.8) is 0 Å². The van der Waals surface area contributed by atoms with E-state index in [2.05, 4.69) is 0 Å². The Morgan fingerprint density at radius 1 is 1.04 bits per heavy atom. The first-order valence-electron chi connectivity index (χ1n) is 7.60. The van der Waals surface area contributed by atoms with Gasteiger partial charge in [0.05, 0.1) is 0 Å². The first kappa shape index (κ1) is 18.8. The molecule has 0 saturated heterocycles. The number of carboxylic acid groups (broad SMARTS) is 2. The molecule has 0 radical (unpaired) electrons. The highest BCUT2D eigenvalue weighted by Gasteiger charge is 2.26. The zero-order chi connectivity index (χ0) is 18.2. The molecule has 1 unspecified atom stereocenters. The molecule has 7 heteroatoms. The molecule has 0 spiro atoms. The summed E-state index contributed by atoms with van der Waals surface area (Å²) in [5.74, 6) is -1.37. The van der Waals surface area contributed by atoms with Crippen LogP contribution in [0.3, 0.4) is 0 Å². The summed E-state index contributed by atoms with van der Waals surface area (Å²) in [7, 11) is 0. The van der Waals surface area contributed by atoms with Crippen molar-refractivity contribution >= 4 is 23.7 Å². The lowest BCUT2D eigenvalue weighted by molar-refractivity contribution is -0.146. The molecule has 2 aromatic carbocycles. The highest BCUT2D eigenvalue weighted by molar-refractivity contribution is 7.98. The van der Waals surface area contributed by atoms with Gasteiger partial charge in [-0.25, -0.2) is 4.79 Å². The van der Waals surface area contributed by atoms with Crippen molar-refractivity contribution in [2.24, 2.45) is 5.73 Å². The highest BCUT2D eigenvalue weighted by atomic mass is 32.2. The van der Waals surface area contributed by atoms with Crippen LogP contribution in [0.15, 0.2) is 59.5 Å². The van der Waals surface area contributed by atoms with E-state index in [0.717, 1.165) is 10.6 Å². The molecular formula is C18H19NO5S. The number of nitrogens with two attached hydrogens (primary N) is 1. The largest absolute Gasteiger partial charge is 0.480 e. The lowest BCUT2D eigenvalue weighted by Gasteiger charge is -2.17. The van der Waals surface area contributed by atoms with Gasteiger partial charge in [0.2, 0.25) is 0 Å². The predicted molar refractivity (Wildman–Crippen MR) is 94.7 cm³/mol. The molecule has 0 aromatic heterocycles. The fraction of sp³-hybridized carbons (Fsp3) is 0.222. The summed E-state index contributed by atoms with van der Waals surface area (Å²) in [5.41, 5.74) is 6.58. The van der Waals surface area contributed by atoms with E-state index in [4.69, 9.17) is 15.6 Å². The average molecular weight is 361 g/mol. The number of hydrogen-bond donors (Lipinski definition) is 3. The third kappa shape index (κ3) is 6.13. The summed E-state index contributed by atoms with van der Waals surface area (Å²) in [5, 5.41) is 18.0. The lowest BCUT2D eigenvalue weighted by Crippen LogP contribution is -2.39. The number of carbonyl (C=O) groups is 2. The number of benzene rings is 2. The van der Waals surface area contributed by atoms with Crippen molar-refractivity contribution in [2.75, 3.05) is 0 Å². The zero-order valence-electron chi connectivity index (χ0n) is 13.4. The van der Waals surface area contributed by atoms with Gasteiger partial charge in [-0.1, -0.05) is 36.4 Å². The highest BCUT2D eigenvalue weighted by Crippen LogP contribution is 2.27. The van der Waals surface area contributed by atoms with E-state index in [9.17, 15) is 14.7 Å². The van der Waals surface area contributed by atoms with Crippen molar-refractivity contribution in [2.45, 2.75) is 29.2 Å². The molecule has 2 rings (SSSR count). The van der Waals surface area contributed by atoms with Crippen LogP contribution in [-0.4, -0.2) is 34.3 Å². The van der Waals surface area contributed by atoms with Crippen LogP contribution in [0.5, 0.6) is 5.75 Å². The van der Waals surface area contributed by atoms with Gasteiger partial charge in [-0.15, -0.1) is 11.8 Å². The van der Waals surface area contributed by atoms with Gasteiger partial charge in [0, 0.05) is 17.1 Å². The second kappa shape index (κ2) is 9.10. The molecule has 0 bridgehead atoms. The molecule has 0 aliphatic carbocycles. The van der Waals surface area contributed by atoms with Crippen LogP contribution < -0.4 is 10.5 Å². The Hall–Kier alpha value is -2.51. The molecule has 4 N–H and O–H groups in total. The monoisotopic (exact) mass is 361 g/mol. The van der Waals surface area contributed by atoms with Gasteiger partial charge in [0.1, 0.15) is 11.8 Å². The van der Waals surface area contributed by atoms with Crippen LogP contribution in [0, 0.1) is 0 Å². The van der Waals surface area contributed by atoms with E-state index in [1.807, 2.05) is 36.4 Å². The Morgan fingerprint density at radius 3 is 2.40 bits per heavy atom. The summed E-state index contributed by atoms with van der Waals surface area (Å²) in [6, 6.07) is 15.7. The first-order chi connectivity index (χ1) is 12.0. The van der Waals surface area contributed by atoms with Crippen molar-refractivity contribution in [1.82, 2.24) is 0 Å². The van der Waals surface area contributed by atoms with Crippen LogP contribution in [0.1, 0.15) is 12.0 Å². The van der Waals surface area contributed by atoms with Gasteiger partial charge in [-0.3, -0.25) is 4.79 Å². The number of rotatable bonds is 9. The minimum atomic E-state index is -1.32. The molecule has 0 aliphatic heterocycles. The van der Waals surface area contributed by atoms with E-state index in [1.54, 1.807) is 30.0 Å². The Bertz CT molecular complexity index is 722. The second-order valence-corrected chi connectivity index (χ2v) is 6.42. The fourth-order valence-electron chi connectivity index (χ4n) is 2.07. The van der Waals surface area contributed by atoms with Crippen LogP contribution >= 0.6 is 11.8 Å². The first-order valence-corrected chi connectivity index (χ1v) is 8.59. The van der Waals surface area contributed by atoms with Gasteiger partial charge in [-0.05, 0) is 23.8 Å². The molecule has 132 valence electrons. The molecule has 0 aliphatic rings. The minimum absolute atomic E-state index is 0.313. The van der Waals surface area contributed by atoms with Crippen molar-refractivity contribution in [3.05, 3.63) is 60.2 Å². The summed E-state index contributed by atoms with van der Waals surface area (Å²) in [4.78, 5) is 23.0. The van der Waals surface area contributed by atoms with Crippen molar-refractivity contribution < 1.29 is 24.5 Å². The van der Waals surface area contributed by atoms with Gasteiger partial charge in [0.25, 0.3) is 0 Å². The topological polar surface area (TPSA) is 110 Å². The van der Waals surface area contributed by atoms with Crippen molar-refractivity contribution in [1.29, 1.82) is 0 Å². The van der Waals surface area contributed by atoms with Crippen LogP contribution in [-0.2, 0) is 15.3 Å². The molecule has 0 saturated carbocycles. The Balaban J connectivity index is 2.01. The van der Waals surface area contributed by atoms with E-state index in [0.29, 0.717) is 5.75 Å². The zero-order valence-corrected chi connectivity index (χ0v) is 14.2. The van der Waals surface area contributed by atoms with E-state index >= 15 is 0 Å². The van der Waals surface area contributed by atoms with Crippen molar-refractivity contribution in [3.8, 4) is 5.75 Å². The molecular weight excluding hydrogens is 342 g/mol. The van der Waals surface area contributed by atoms with Crippen LogP contribution in [0.4, 0.5) is 0 Å². The van der Waals surface area contributed by atoms with Gasteiger partial charge < -0.3 is 20.7 Å². The lowest BCUT2D eigenvalue weighted by atomic mass is 10.1. The molecule has 2 aromatic rings. The average Bonchev–Trinajstić information content (AvgIpc) is 2.60. The Morgan fingerprint density at radius 2 is 1.76 bits per heavy atom. The minimum Gasteiger partial charge on any atom is -0.480 e. The van der Waals surface area contributed by atoms with E-state index < -0.39 is 24.1 Å². The van der Waals surface area contributed by atoms with Gasteiger partial charge in [-0.2, -0.15) is 0 Å². The maximum atomic E-state index is 11.3. The van der Waals surface area contributed by atoms with Crippen LogP contribution in [0.2, 0.25) is 0 Å². The standard InChI is InChI=1S/C18H19NO5S/c19-15(17(20)21)10-16(18(22)23)24-13-7-4-8-14(9-13)25-11-12-5-2-1-3-6-12/h1-9,15-16H,10-11,19H2,(H,20,21)(H,22,23)/t15-,16?/m0/s1. The Kier molecular flexibility index (Phi) is 6.85. The number of thioether (sulfide) groups is 1. The van der Waals surface area contributed by atoms with E-state index in [1.165, 1.54) is 5.56 Å². The quantitative estimate of drug-likeness (QED) is 0.589. The Labute approximate surface area is 149 Å². The number of ether oxygens (including phenoxy) is 1.